The van der Waals surface area contributed by atoms with Crippen molar-refractivity contribution in [2.75, 3.05) is 0 Å². The number of rotatable bonds is 4. The molecule has 18 heavy (non-hydrogen) atoms. The Labute approximate surface area is 106 Å². The van der Waals surface area contributed by atoms with E-state index in [9.17, 15) is 9.59 Å². The van der Waals surface area contributed by atoms with Gasteiger partial charge in [0.1, 0.15) is 0 Å². The van der Waals surface area contributed by atoms with Crippen LogP contribution in [0.25, 0.3) is 0 Å². The Morgan fingerprint density at radius 2 is 2.06 bits per heavy atom. The maximum Gasteiger partial charge on any atom is 0.255 e. The minimum absolute atomic E-state index is 0.171. The van der Waals surface area contributed by atoms with E-state index in [0.29, 0.717) is 5.57 Å². The number of imide groups is 1. The first-order valence-electron chi connectivity index (χ1n) is 5.98. The molecule has 0 aromatic heterocycles. The first kappa shape index (κ1) is 12.4. The predicted molar refractivity (Wildman–Crippen MR) is 68.6 cm³/mol. The molecule has 0 unspecified atom stereocenters. The minimum Gasteiger partial charge on any atom is -0.388 e. The minimum atomic E-state index is -0.292. The zero-order valence-electron chi connectivity index (χ0n) is 10.3. The van der Waals surface area contributed by atoms with E-state index in [1.54, 1.807) is 6.20 Å². The first-order chi connectivity index (χ1) is 8.65. The summed E-state index contributed by atoms with van der Waals surface area (Å²) in [5.41, 5.74) is 1.74. The second-order valence-electron chi connectivity index (χ2n) is 4.48. The number of amides is 2. The Hall–Kier alpha value is -2.10. The van der Waals surface area contributed by atoms with Gasteiger partial charge in [0.05, 0.1) is 6.42 Å². The molecule has 1 aromatic rings. The summed E-state index contributed by atoms with van der Waals surface area (Å²) in [6, 6.07) is 10.3. The van der Waals surface area contributed by atoms with Crippen LogP contribution < -0.4 is 10.6 Å². The standard InChI is InChI=1S/C14H16N2O2/c1-10(7-11-5-3-2-4-6-11)15-9-12-8-13(17)16-14(12)18/h2-6,9-10,15H,7-8H2,1H3,(H,16,17,18)/b12-9-/t10-/m1/s1. The van der Waals surface area contributed by atoms with Crippen molar-refractivity contribution in [3.05, 3.63) is 47.7 Å². The molecule has 4 heteroatoms. The van der Waals surface area contributed by atoms with Gasteiger partial charge in [0.2, 0.25) is 5.91 Å². The van der Waals surface area contributed by atoms with Crippen LogP contribution in [-0.2, 0) is 16.0 Å². The zero-order chi connectivity index (χ0) is 13.0. The summed E-state index contributed by atoms with van der Waals surface area (Å²) in [5, 5.41) is 5.40. The zero-order valence-corrected chi connectivity index (χ0v) is 10.3. The number of carbonyl (C=O) groups excluding carboxylic acids is 2. The van der Waals surface area contributed by atoms with Crippen molar-refractivity contribution in [1.82, 2.24) is 10.6 Å². The molecule has 4 nitrogen and oxygen atoms in total. The van der Waals surface area contributed by atoms with Gasteiger partial charge in [0.15, 0.2) is 0 Å². The molecule has 2 rings (SSSR count). The van der Waals surface area contributed by atoms with E-state index in [1.807, 2.05) is 25.1 Å². The van der Waals surface area contributed by atoms with Crippen LogP contribution in [0.15, 0.2) is 42.1 Å². The summed E-state index contributed by atoms with van der Waals surface area (Å²) in [7, 11) is 0. The van der Waals surface area contributed by atoms with Gasteiger partial charge in [-0.3, -0.25) is 14.9 Å². The van der Waals surface area contributed by atoms with Crippen molar-refractivity contribution < 1.29 is 9.59 Å². The predicted octanol–water partition coefficient (Wildman–Crippen LogP) is 1.14. The number of nitrogens with one attached hydrogen (secondary N) is 2. The Balaban J connectivity index is 1.89. The first-order valence-corrected chi connectivity index (χ1v) is 5.98. The second kappa shape index (κ2) is 5.49. The highest BCUT2D eigenvalue weighted by atomic mass is 16.2. The number of hydrogen-bond acceptors (Lipinski definition) is 3. The van der Waals surface area contributed by atoms with E-state index in [2.05, 4.69) is 22.8 Å². The van der Waals surface area contributed by atoms with Crippen LogP contribution >= 0.6 is 0 Å². The van der Waals surface area contributed by atoms with Gasteiger partial charge in [-0.2, -0.15) is 0 Å². The summed E-state index contributed by atoms with van der Waals surface area (Å²) < 4.78 is 0. The number of carbonyl (C=O) groups is 2. The molecule has 0 saturated carbocycles. The lowest BCUT2D eigenvalue weighted by molar-refractivity contribution is -0.124. The van der Waals surface area contributed by atoms with Gasteiger partial charge in [-0.25, -0.2) is 0 Å². The van der Waals surface area contributed by atoms with Crippen molar-refractivity contribution in [3.63, 3.8) is 0 Å². The maximum absolute atomic E-state index is 11.3. The second-order valence-corrected chi connectivity index (χ2v) is 4.48. The highest BCUT2D eigenvalue weighted by Crippen LogP contribution is 2.08. The van der Waals surface area contributed by atoms with Crippen LogP contribution in [0.1, 0.15) is 18.9 Å². The molecule has 1 aliphatic heterocycles. The molecule has 1 saturated heterocycles. The summed E-state index contributed by atoms with van der Waals surface area (Å²) >= 11 is 0. The molecule has 1 fully saturated rings. The molecule has 1 atom stereocenters. The molecule has 1 aromatic carbocycles. The quantitative estimate of drug-likeness (QED) is 0.617. The molecule has 0 bridgehead atoms. The molecular weight excluding hydrogens is 228 g/mol. The third-order valence-corrected chi connectivity index (χ3v) is 2.82. The van der Waals surface area contributed by atoms with E-state index >= 15 is 0 Å². The van der Waals surface area contributed by atoms with Crippen molar-refractivity contribution in [1.29, 1.82) is 0 Å². The highest BCUT2D eigenvalue weighted by molar-refractivity contribution is 6.13. The van der Waals surface area contributed by atoms with Crippen LogP contribution in [0.4, 0.5) is 0 Å². The summed E-state index contributed by atoms with van der Waals surface area (Å²) in [5.74, 6) is -0.525. The van der Waals surface area contributed by atoms with Crippen LogP contribution in [-0.4, -0.2) is 17.9 Å². The third-order valence-electron chi connectivity index (χ3n) is 2.82. The lowest BCUT2D eigenvalue weighted by Gasteiger charge is -2.12. The van der Waals surface area contributed by atoms with Gasteiger partial charge in [0.25, 0.3) is 5.91 Å². The number of benzene rings is 1. The Bertz CT molecular complexity index is 480. The van der Waals surface area contributed by atoms with E-state index in [-0.39, 0.29) is 24.3 Å². The van der Waals surface area contributed by atoms with Crippen LogP contribution in [0.2, 0.25) is 0 Å². The van der Waals surface area contributed by atoms with Crippen molar-refractivity contribution in [2.24, 2.45) is 0 Å². The molecule has 0 spiro atoms. The fraction of sp³-hybridized carbons (Fsp3) is 0.286. The average Bonchev–Trinajstić information content (AvgIpc) is 2.66. The molecule has 1 heterocycles. The topological polar surface area (TPSA) is 58.2 Å². The van der Waals surface area contributed by atoms with Gasteiger partial charge >= 0.3 is 0 Å². The van der Waals surface area contributed by atoms with Crippen molar-refractivity contribution in [3.8, 4) is 0 Å². The van der Waals surface area contributed by atoms with Crippen LogP contribution in [0, 0.1) is 0 Å². The van der Waals surface area contributed by atoms with Gasteiger partial charge in [0, 0.05) is 17.8 Å². The number of hydrogen-bond donors (Lipinski definition) is 2. The molecule has 94 valence electrons. The molecule has 0 radical (unpaired) electrons. The summed E-state index contributed by atoms with van der Waals surface area (Å²) in [6.07, 6.45) is 2.69. The lowest BCUT2D eigenvalue weighted by atomic mass is 10.1. The normalized spacial score (nSPS) is 18.8. The monoisotopic (exact) mass is 244 g/mol. The van der Waals surface area contributed by atoms with Gasteiger partial charge in [-0.1, -0.05) is 30.3 Å². The summed E-state index contributed by atoms with van der Waals surface area (Å²) in [6.45, 7) is 2.04. The Morgan fingerprint density at radius 1 is 1.33 bits per heavy atom. The molecule has 0 aliphatic carbocycles. The van der Waals surface area contributed by atoms with Crippen molar-refractivity contribution >= 4 is 11.8 Å². The van der Waals surface area contributed by atoms with E-state index in [4.69, 9.17) is 0 Å². The van der Waals surface area contributed by atoms with Crippen LogP contribution in [0.3, 0.4) is 0 Å². The lowest BCUT2D eigenvalue weighted by Crippen LogP contribution is -2.24. The largest absolute Gasteiger partial charge is 0.388 e. The average molecular weight is 244 g/mol. The SMILES string of the molecule is C[C@H](Cc1ccccc1)N/C=C1/CC(=O)NC1=O. The fourth-order valence-electron chi connectivity index (χ4n) is 1.89. The van der Waals surface area contributed by atoms with Gasteiger partial charge in [-0.05, 0) is 18.9 Å². The Morgan fingerprint density at radius 3 is 2.67 bits per heavy atom. The highest BCUT2D eigenvalue weighted by Gasteiger charge is 2.23. The van der Waals surface area contributed by atoms with Gasteiger partial charge < -0.3 is 5.32 Å². The van der Waals surface area contributed by atoms with E-state index in [1.165, 1.54) is 5.56 Å². The third kappa shape index (κ3) is 3.20. The molecule has 2 N–H and O–H groups in total. The smallest absolute Gasteiger partial charge is 0.255 e. The van der Waals surface area contributed by atoms with Crippen LogP contribution in [0.5, 0.6) is 0 Å². The summed E-state index contributed by atoms with van der Waals surface area (Å²) in [4.78, 5) is 22.3. The maximum atomic E-state index is 11.3. The molecule has 2 amide bonds. The fourth-order valence-corrected chi connectivity index (χ4v) is 1.89. The van der Waals surface area contributed by atoms with Crippen molar-refractivity contribution in [2.45, 2.75) is 25.8 Å². The van der Waals surface area contributed by atoms with Gasteiger partial charge in [-0.15, -0.1) is 0 Å². The van der Waals surface area contributed by atoms with E-state index in [0.717, 1.165) is 6.42 Å². The molecule has 1 aliphatic rings. The Kier molecular flexibility index (Phi) is 3.77. The molecular formula is C14H16N2O2. The van der Waals surface area contributed by atoms with E-state index < -0.39 is 0 Å².